The number of aliphatic hydroxyl groups is 1. The minimum atomic E-state index is -2.51. The number of rotatable bonds is 3. The second kappa shape index (κ2) is 3.10. The Kier molecular flexibility index (Phi) is 2.07. The van der Waals surface area contributed by atoms with Crippen LogP contribution in [0.15, 0.2) is 18.5 Å². The molecule has 0 aliphatic heterocycles. The first-order valence-corrected chi connectivity index (χ1v) is 4.32. The topological polar surface area (TPSA) is 25.2 Å². The maximum atomic E-state index is 12.1. The van der Waals surface area contributed by atoms with Crippen LogP contribution in [0, 0.1) is 5.92 Å². The lowest BCUT2D eigenvalue weighted by molar-refractivity contribution is 0.0699. The van der Waals surface area contributed by atoms with Crippen molar-refractivity contribution in [1.29, 1.82) is 0 Å². The van der Waals surface area contributed by atoms with Gasteiger partial charge in [0.25, 0.3) is 0 Å². The van der Waals surface area contributed by atoms with Crippen LogP contribution in [-0.2, 0) is 0 Å². The Morgan fingerprint density at radius 2 is 2.15 bits per heavy atom. The van der Waals surface area contributed by atoms with Gasteiger partial charge in [-0.3, -0.25) is 4.57 Å². The van der Waals surface area contributed by atoms with Crippen molar-refractivity contribution in [2.45, 2.75) is 25.5 Å². The van der Waals surface area contributed by atoms with Gasteiger partial charge in [-0.15, -0.1) is 0 Å². The van der Waals surface area contributed by atoms with E-state index >= 15 is 0 Å². The van der Waals surface area contributed by atoms with Crippen LogP contribution in [0.5, 0.6) is 0 Å². The van der Waals surface area contributed by atoms with Gasteiger partial charge in [0.1, 0.15) is 0 Å². The highest BCUT2D eigenvalue weighted by atomic mass is 19.3. The predicted molar refractivity (Wildman–Crippen MR) is 43.4 cm³/mol. The van der Waals surface area contributed by atoms with E-state index in [1.54, 1.807) is 6.07 Å². The highest BCUT2D eigenvalue weighted by Crippen LogP contribution is 2.41. The van der Waals surface area contributed by atoms with Crippen molar-refractivity contribution in [2.75, 3.05) is 0 Å². The molecule has 1 aromatic rings. The van der Waals surface area contributed by atoms with E-state index in [1.807, 2.05) is 0 Å². The smallest absolute Gasteiger partial charge is 0.318 e. The zero-order valence-corrected chi connectivity index (χ0v) is 7.03. The summed E-state index contributed by atoms with van der Waals surface area (Å²) in [5.74, 6) is 0.286. The third-order valence-corrected chi connectivity index (χ3v) is 2.37. The average molecular weight is 187 g/mol. The molecule has 72 valence electrons. The van der Waals surface area contributed by atoms with Gasteiger partial charge in [-0.25, -0.2) is 0 Å². The Morgan fingerprint density at radius 1 is 1.46 bits per heavy atom. The first-order valence-electron chi connectivity index (χ1n) is 4.32. The Morgan fingerprint density at radius 3 is 2.62 bits per heavy atom. The maximum Gasteiger partial charge on any atom is 0.318 e. The fourth-order valence-electron chi connectivity index (χ4n) is 1.41. The second-order valence-electron chi connectivity index (χ2n) is 3.45. The molecule has 1 saturated carbocycles. The van der Waals surface area contributed by atoms with Gasteiger partial charge in [0.2, 0.25) is 0 Å². The van der Waals surface area contributed by atoms with Crippen LogP contribution in [0.1, 0.15) is 31.1 Å². The molecule has 1 unspecified atom stereocenters. The van der Waals surface area contributed by atoms with Gasteiger partial charge in [-0.2, -0.15) is 8.78 Å². The van der Waals surface area contributed by atoms with Gasteiger partial charge in [0, 0.05) is 12.4 Å². The van der Waals surface area contributed by atoms with Crippen LogP contribution >= 0.6 is 0 Å². The highest BCUT2D eigenvalue weighted by molar-refractivity contribution is 5.16. The lowest BCUT2D eigenvalue weighted by Gasteiger charge is -2.05. The third kappa shape index (κ3) is 1.72. The molecule has 1 aromatic heterocycles. The molecule has 0 saturated heterocycles. The molecule has 1 atom stereocenters. The summed E-state index contributed by atoms with van der Waals surface area (Å²) in [7, 11) is 0. The lowest BCUT2D eigenvalue weighted by Crippen LogP contribution is -1.98. The molecule has 4 heteroatoms. The number of hydrogen-bond acceptors (Lipinski definition) is 1. The SMILES string of the molecule is OC(c1ccn(C(F)F)c1)C1CC1. The van der Waals surface area contributed by atoms with E-state index in [2.05, 4.69) is 0 Å². The van der Waals surface area contributed by atoms with E-state index in [9.17, 15) is 13.9 Å². The summed E-state index contributed by atoms with van der Waals surface area (Å²) in [5.41, 5.74) is 0.600. The fourth-order valence-corrected chi connectivity index (χ4v) is 1.41. The van der Waals surface area contributed by atoms with E-state index in [0.29, 0.717) is 5.56 Å². The quantitative estimate of drug-likeness (QED) is 0.771. The monoisotopic (exact) mass is 187 g/mol. The normalized spacial score (nSPS) is 19.4. The molecule has 1 aliphatic rings. The molecule has 0 spiro atoms. The molecule has 13 heavy (non-hydrogen) atoms. The van der Waals surface area contributed by atoms with Crippen LogP contribution < -0.4 is 0 Å². The molecule has 1 aliphatic carbocycles. The Hall–Kier alpha value is -0.900. The summed E-state index contributed by atoms with van der Waals surface area (Å²) in [6, 6.07) is 1.55. The molecule has 2 rings (SSSR count). The van der Waals surface area contributed by atoms with Crippen molar-refractivity contribution >= 4 is 0 Å². The Bertz CT molecular complexity index is 294. The second-order valence-corrected chi connectivity index (χ2v) is 3.45. The maximum absolute atomic E-state index is 12.1. The van der Waals surface area contributed by atoms with Gasteiger partial charge < -0.3 is 5.11 Å². The van der Waals surface area contributed by atoms with Crippen molar-refractivity contribution in [2.24, 2.45) is 5.92 Å². The fraction of sp³-hybridized carbons (Fsp3) is 0.556. The molecular weight excluding hydrogens is 176 g/mol. The Labute approximate surface area is 74.8 Å². The molecule has 0 bridgehead atoms. The summed E-state index contributed by atoms with van der Waals surface area (Å²) in [6.45, 7) is -2.51. The number of aliphatic hydroxyl groups excluding tert-OH is 1. The number of aromatic nitrogens is 1. The highest BCUT2D eigenvalue weighted by Gasteiger charge is 2.31. The molecule has 1 heterocycles. The van der Waals surface area contributed by atoms with Crippen molar-refractivity contribution in [3.05, 3.63) is 24.0 Å². The standard InChI is InChI=1S/C9H11F2NO/c10-9(11)12-4-3-7(5-12)8(13)6-1-2-6/h3-6,8-9,13H,1-2H2. The molecule has 2 nitrogen and oxygen atoms in total. The first kappa shape index (κ1) is 8.69. The number of halogens is 2. The van der Waals surface area contributed by atoms with E-state index in [1.165, 1.54) is 12.4 Å². The van der Waals surface area contributed by atoms with Gasteiger partial charge in [0.15, 0.2) is 0 Å². The zero-order valence-electron chi connectivity index (χ0n) is 7.03. The molecular formula is C9H11F2NO. The molecule has 1 N–H and O–H groups in total. The molecule has 0 aromatic carbocycles. The van der Waals surface area contributed by atoms with Gasteiger partial charge in [-0.1, -0.05) is 0 Å². The largest absolute Gasteiger partial charge is 0.388 e. The van der Waals surface area contributed by atoms with Crippen LogP contribution in [0.4, 0.5) is 8.78 Å². The van der Waals surface area contributed by atoms with Gasteiger partial charge >= 0.3 is 6.55 Å². The summed E-state index contributed by atoms with van der Waals surface area (Å²) in [4.78, 5) is 0. The summed E-state index contributed by atoms with van der Waals surface area (Å²) in [5, 5.41) is 9.60. The van der Waals surface area contributed by atoms with E-state index in [-0.39, 0.29) is 5.92 Å². The van der Waals surface area contributed by atoms with E-state index in [0.717, 1.165) is 17.4 Å². The minimum absolute atomic E-state index is 0.286. The van der Waals surface area contributed by atoms with Gasteiger partial charge in [0.05, 0.1) is 6.10 Å². The van der Waals surface area contributed by atoms with E-state index in [4.69, 9.17) is 0 Å². The molecule has 0 radical (unpaired) electrons. The van der Waals surface area contributed by atoms with E-state index < -0.39 is 12.7 Å². The predicted octanol–water partition coefficient (Wildman–Crippen LogP) is 2.33. The zero-order chi connectivity index (χ0) is 9.42. The van der Waals surface area contributed by atoms with Crippen molar-refractivity contribution < 1.29 is 13.9 Å². The molecule has 1 fully saturated rings. The van der Waals surface area contributed by atoms with Crippen molar-refractivity contribution in [3.63, 3.8) is 0 Å². The third-order valence-electron chi connectivity index (χ3n) is 2.37. The van der Waals surface area contributed by atoms with Crippen LogP contribution in [0.2, 0.25) is 0 Å². The number of hydrogen-bond donors (Lipinski definition) is 1. The first-order chi connectivity index (χ1) is 6.18. The van der Waals surface area contributed by atoms with Gasteiger partial charge in [-0.05, 0) is 30.4 Å². The van der Waals surface area contributed by atoms with Crippen LogP contribution in [-0.4, -0.2) is 9.67 Å². The Balaban J connectivity index is 2.11. The average Bonchev–Trinajstić information content (AvgIpc) is 2.81. The molecule has 0 amide bonds. The van der Waals surface area contributed by atoms with Crippen molar-refractivity contribution in [3.8, 4) is 0 Å². The van der Waals surface area contributed by atoms with Crippen LogP contribution in [0.25, 0.3) is 0 Å². The number of nitrogens with zero attached hydrogens (tertiary/aromatic N) is 1. The number of alkyl halides is 2. The van der Waals surface area contributed by atoms with Crippen LogP contribution in [0.3, 0.4) is 0 Å². The summed E-state index contributed by atoms with van der Waals surface area (Å²) >= 11 is 0. The summed E-state index contributed by atoms with van der Waals surface area (Å²) in [6.07, 6.45) is 4.06. The summed E-state index contributed by atoms with van der Waals surface area (Å²) < 4.78 is 25.1. The lowest BCUT2D eigenvalue weighted by atomic mass is 10.1. The minimum Gasteiger partial charge on any atom is -0.388 e. The van der Waals surface area contributed by atoms with Crippen molar-refractivity contribution in [1.82, 2.24) is 4.57 Å².